The smallest absolute Gasteiger partial charge is 0.229 e. The second-order valence-corrected chi connectivity index (χ2v) is 6.57. The molecule has 0 spiro atoms. The molecule has 0 radical (unpaired) electrons. The molecule has 0 aliphatic carbocycles. The standard InChI is InChI=1S/C20H21FN2O2/c1-12-5-4-6-18(14(12)3)23-11-15(10-19(23)24)20(25)22-17-8-7-16(21)9-13(17)2/h4-9,15H,10-11H2,1-3H3,(H,22,25)/t15-/m0/s1. The van der Waals surface area contributed by atoms with Crippen LogP contribution in [0.2, 0.25) is 0 Å². The molecule has 3 rings (SSSR count). The molecule has 1 N–H and O–H groups in total. The van der Waals surface area contributed by atoms with E-state index in [1.54, 1.807) is 17.9 Å². The predicted octanol–water partition coefficient (Wildman–Crippen LogP) is 3.74. The third kappa shape index (κ3) is 3.40. The van der Waals surface area contributed by atoms with Gasteiger partial charge in [-0.25, -0.2) is 4.39 Å². The molecule has 1 aliphatic heterocycles. The lowest BCUT2D eigenvalue weighted by Crippen LogP contribution is -2.28. The number of amides is 2. The van der Waals surface area contributed by atoms with E-state index >= 15 is 0 Å². The summed E-state index contributed by atoms with van der Waals surface area (Å²) in [6.45, 7) is 6.07. The number of hydrogen-bond donors (Lipinski definition) is 1. The third-order valence-electron chi connectivity index (χ3n) is 4.81. The van der Waals surface area contributed by atoms with Gasteiger partial charge in [-0.3, -0.25) is 9.59 Å². The normalized spacial score (nSPS) is 17.0. The average molecular weight is 340 g/mol. The van der Waals surface area contributed by atoms with Gasteiger partial charge in [0.05, 0.1) is 5.92 Å². The van der Waals surface area contributed by atoms with Crippen LogP contribution in [0.1, 0.15) is 23.1 Å². The van der Waals surface area contributed by atoms with Gasteiger partial charge in [0.15, 0.2) is 0 Å². The summed E-state index contributed by atoms with van der Waals surface area (Å²) >= 11 is 0. The van der Waals surface area contributed by atoms with Crippen LogP contribution in [-0.2, 0) is 9.59 Å². The van der Waals surface area contributed by atoms with Crippen molar-refractivity contribution in [2.24, 2.45) is 5.92 Å². The fourth-order valence-corrected chi connectivity index (χ4v) is 3.15. The van der Waals surface area contributed by atoms with E-state index in [1.165, 1.54) is 12.1 Å². The van der Waals surface area contributed by atoms with Crippen molar-refractivity contribution in [2.45, 2.75) is 27.2 Å². The zero-order valence-corrected chi connectivity index (χ0v) is 14.6. The van der Waals surface area contributed by atoms with Crippen molar-refractivity contribution < 1.29 is 14.0 Å². The quantitative estimate of drug-likeness (QED) is 0.925. The summed E-state index contributed by atoms with van der Waals surface area (Å²) in [5.74, 6) is -1.02. The van der Waals surface area contributed by atoms with Gasteiger partial charge >= 0.3 is 0 Å². The van der Waals surface area contributed by atoms with Gasteiger partial charge in [0, 0.05) is 24.3 Å². The SMILES string of the molecule is Cc1cc(F)ccc1NC(=O)[C@H]1CC(=O)N(c2cccc(C)c2C)C1. The number of hydrogen-bond acceptors (Lipinski definition) is 2. The molecule has 25 heavy (non-hydrogen) atoms. The summed E-state index contributed by atoms with van der Waals surface area (Å²) < 4.78 is 13.2. The fourth-order valence-electron chi connectivity index (χ4n) is 3.15. The highest BCUT2D eigenvalue weighted by Crippen LogP contribution is 2.30. The van der Waals surface area contributed by atoms with Crippen LogP contribution in [0.25, 0.3) is 0 Å². The summed E-state index contributed by atoms with van der Waals surface area (Å²) in [6, 6.07) is 10.1. The lowest BCUT2D eigenvalue weighted by atomic mass is 10.1. The van der Waals surface area contributed by atoms with Gasteiger partial charge < -0.3 is 10.2 Å². The molecule has 4 nitrogen and oxygen atoms in total. The Morgan fingerprint density at radius 1 is 1.16 bits per heavy atom. The molecule has 130 valence electrons. The largest absolute Gasteiger partial charge is 0.326 e. The van der Waals surface area contributed by atoms with Gasteiger partial charge in [0.1, 0.15) is 5.82 Å². The van der Waals surface area contributed by atoms with E-state index in [0.29, 0.717) is 17.8 Å². The molecular weight excluding hydrogens is 319 g/mol. The van der Waals surface area contributed by atoms with Crippen molar-refractivity contribution in [2.75, 3.05) is 16.8 Å². The van der Waals surface area contributed by atoms with E-state index in [-0.39, 0.29) is 24.1 Å². The summed E-state index contributed by atoms with van der Waals surface area (Å²) in [5, 5.41) is 2.81. The Kier molecular flexibility index (Phi) is 4.57. The number of benzene rings is 2. The second-order valence-electron chi connectivity index (χ2n) is 6.57. The van der Waals surface area contributed by atoms with Crippen molar-refractivity contribution >= 4 is 23.2 Å². The minimum Gasteiger partial charge on any atom is -0.326 e. The van der Waals surface area contributed by atoms with Gasteiger partial charge in [-0.15, -0.1) is 0 Å². The zero-order valence-electron chi connectivity index (χ0n) is 14.6. The number of carbonyl (C=O) groups is 2. The van der Waals surface area contributed by atoms with Crippen molar-refractivity contribution in [3.8, 4) is 0 Å². The highest BCUT2D eigenvalue weighted by atomic mass is 19.1. The highest BCUT2D eigenvalue weighted by molar-refractivity contribution is 6.04. The number of rotatable bonds is 3. The fraction of sp³-hybridized carbons (Fsp3) is 0.300. The second kappa shape index (κ2) is 6.67. The van der Waals surface area contributed by atoms with E-state index in [4.69, 9.17) is 0 Å². The number of aryl methyl sites for hydroxylation is 2. The lowest BCUT2D eigenvalue weighted by Gasteiger charge is -2.20. The van der Waals surface area contributed by atoms with Crippen LogP contribution in [0.5, 0.6) is 0 Å². The van der Waals surface area contributed by atoms with Crippen molar-refractivity contribution in [1.82, 2.24) is 0 Å². The summed E-state index contributed by atoms with van der Waals surface area (Å²) in [6.07, 6.45) is 0.180. The van der Waals surface area contributed by atoms with Gasteiger partial charge in [-0.05, 0) is 61.7 Å². The average Bonchev–Trinajstić information content (AvgIpc) is 2.94. The maximum atomic E-state index is 13.2. The van der Waals surface area contributed by atoms with Crippen molar-refractivity contribution in [3.05, 3.63) is 58.9 Å². The predicted molar refractivity (Wildman–Crippen MR) is 96.1 cm³/mol. The molecule has 2 aromatic carbocycles. The maximum Gasteiger partial charge on any atom is 0.229 e. The third-order valence-corrected chi connectivity index (χ3v) is 4.81. The Labute approximate surface area is 146 Å². The number of nitrogens with zero attached hydrogens (tertiary/aromatic N) is 1. The topological polar surface area (TPSA) is 49.4 Å². The first-order valence-electron chi connectivity index (χ1n) is 8.30. The molecule has 2 amide bonds. The van der Waals surface area contributed by atoms with Crippen molar-refractivity contribution in [1.29, 1.82) is 0 Å². The van der Waals surface area contributed by atoms with Gasteiger partial charge in [-0.2, -0.15) is 0 Å². The Morgan fingerprint density at radius 2 is 1.92 bits per heavy atom. The molecule has 1 atom stereocenters. The Morgan fingerprint density at radius 3 is 2.64 bits per heavy atom. The number of carbonyl (C=O) groups excluding carboxylic acids is 2. The van der Waals surface area contributed by atoms with Crippen molar-refractivity contribution in [3.63, 3.8) is 0 Å². The highest BCUT2D eigenvalue weighted by Gasteiger charge is 2.35. The maximum absolute atomic E-state index is 13.2. The Bertz CT molecular complexity index is 848. The van der Waals surface area contributed by atoms with Gasteiger partial charge in [0.25, 0.3) is 0 Å². The van der Waals surface area contributed by atoms with E-state index in [0.717, 1.165) is 16.8 Å². The Balaban J connectivity index is 1.75. The first kappa shape index (κ1) is 17.1. The molecule has 1 fully saturated rings. The molecule has 2 aromatic rings. The number of nitrogens with one attached hydrogen (secondary N) is 1. The molecule has 0 bridgehead atoms. The molecule has 1 aliphatic rings. The van der Waals surface area contributed by atoms with E-state index in [2.05, 4.69) is 5.32 Å². The molecule has 1 saturated heterocycles. The molecule has 5 heteroatoms. The van der Waals surface area contributed by atoms with Crippen LogP contribution in [0.3, 0.4) is 0 Å². The molecule has 0 saturated carbocycles. The van der Waals surface area contributed by atoms with Crippen LogP contribution >= 0.6 is 0 Å². The van der Waals surface area contributed by atoms with Crippen LogP contribution < -0.4 is 10.2 Å². The molecule has 1 heterocycles. The van der Waals surface area contributed by atoms with E-state index < -0.39 is 5.92 Å². The number of anilines is 2. The summed E-state index contributed by atoms with van der Waals surface area (Å²) in [7, 11) is 0. The summed E-state index contributed by atoms with van der Waals surface area (Å²) in [5.41, 5.74) is 4.25. The summed E-state index contributed by atoms with van der Waals surface area (Å²) in [4.78, 5) is 26.6. The van der Waals surface area contributed by atoms with Crippen LogP contribution in [0.4, 0.5) is 15.8 Å². The first-order chi connectivity index (χ1) is 11.9. The zero-order chi connectivity index (χ0) is 18.1. The Hall–Kier alpha value is -2.69. The van der Waals surface area contributed by atoms with Gasteiger partial charge in [0.2, 0.25) is 11.8 Å². The van der Waals surface area contributed by atoms with Crippen LogP contribution in [-0.4, -0.2) is 18.4 Å². The molecular formula is C20H21FN2O2. The molecule has 0 unspecified atom stereocenters. The monoisotopic (exact) mass is 340 g/mol. The van der Waals surface area contributed by atoms with E-state index in [9.17, 15) is 14.0 Å². The van der Waals surface area contributed by atoms with Crippen LogP contribution in [0.15, 0.2) is 36.4 Å². The van der Waals surface area contributed by atoms with Crippen LogP contribution in [0, 0.1) is 32.5 Å². The minimum atomic E-state index is -0.420. The lowest BCUT2D eigenvalue weighted by molar-refractivity contribution is -0.122. The first-order valence-corrected chi connectivity index (χ1v) is 8.30. The number of halogens is 1. The minimum absolute atomic E-state index is 0.0512. The molecule has 0 aromatic heterocycles. The van der Waals surface area contributed by atoms with Gasteiger partial charge in [-0.1, -0.05) is 12.1 Å². The van der Waals surface area contributed by atoms with E-state index in [1.807, 2.05) is 32.0 Å².